The van der Waals surface area contributed by atoms with Crippen molar-refractivity contribution in [1.82, 2.24) is 5.32 Å². The Labute approximate surface area is 85.2 Å². The van der Waals surface area contributed by atoms with E-state index in [2.05, 4.69) is 17.9 Å². The van der Waals surface area contributed by atoms with Crippen LogP contribution in [-0.2, 0) is 4.79 Å². The molecule has 0 spiro atoms. The van der Waals surface area contributed by atoms with Crippen molar-refractivity contribution in [1.29, 1.82) is 0 Å². The van der Waals surface area contributed by atoms with Crippen LogP contribution in [0.2, 0.25) is 0 Å². The predicted molar refractivity (Wildman–Crippen MR) is 58.8 cm³/mol. The fraction of sp³-hybridized carbons (Fsp3) is 0.667. The fourth-order valence-corrected chi connectivity index (χ4v) is 1.39. The minimum absolute atomic E-state index is 0.0249. The van der Waals surface area contributed by atoms with Crippen molar-refractivity contribution in [2.75, 3.05) is 12.3 Å². The highest BCUT2D eigenvalue weighted by Crippen LogP contribution is 2.03. The molecule has 0 heterocycles. The smallest absolute Gasteiger partial charge is 0.225 e. The Morgan fingerprint density at radius 2 is 2.31 bits per heavy atom. The number of allylic oxidation sites excluding steroid dienone is 1. The lowest BCUT2D eigenvalue weighted by atomic mass is 10.0. The molecule has 2 unspecified atom stereocenters. The van der Waals surface area contributed by atoms with Gasteiger partial charge in [-0.15, -0.1) is 0 Å². The van der Waals surface area contributed by atoms with E-state index in [1.54, 1.807) is 0 Å². The van der Waals surface area contributed by atoms with Crippen molar-refractivity contribution in [2.45, 2.75) is 19.9 Å². The molecule has 3 nitrogen and oxygen atoms in total. The monoisotopic (exact) mass is 202 g/mol. The first-order valence-corrected chi connectivity index (χ1v) is 5.02. The quantitative estimate of drug-likeness (QED) is 0.451. The Morgan fingerprint density at radius 1 is 1.69 bits per heavy atom. The molecular formula is C9H18N2OS. The summed E-state index contributed by atoms with van der Waals surface area (Å²) in [6, 6.07) is -0.150. The zero-order valence-corrected chi connectivity index (χ0v) is 9.05. The number of nitrogens with one attached hydrogen (secondary N) is 1. The molecule has 0 aliphatic carbocycles. The van der Waals surface area contributed by atoms with Crippen LogP contribution in [0.3, 0.4) is 0 Å². The summed E-state index contributed by atoms with van der Waals surface area (Å²) in [6.07, 6.45) is 3.77. The summed E-state index contributed by atoms with van der Waals surface area (Å²) in [5.41, 5.74) is 5.62. The van der Waals surface area contributed by atoms with Crippen LogP contribution in [0.15, 0.2) is 12.2 Å². The average molecular weight is 202 g/mol. The van der Waals surface area contributed by atoms with Crippen molar-refractivity contribution in [3.05, 3.63) is 12.2 Å². The van der Waals surface area contributed by atoms with Crippen LogP contribution in [0.4, 0.5) is 0 Å². The molecule has 0 saturated heterocycles. The molecule has 0 aliphatic heterocycles. The Kier molecular flexibility index (Phi) is 6.72. The van der Waals surface area contributed by atoms with Gasteiger partial charge in [-0.25, -0.2) is 0 Å². The van der Waals surface area contributed by atoms with Gasteiger partial charge in [0, 0.05) is 18.3 Å². The molecular weight excluding hydrogens is 184 g/mol. The molecule has 1 amide bonds. The molecule has 2 atom stereocenters. The highest BCUT2D eigenvalue weighted by Gasteiger charge is 2.19. The van der Waals surface area contributed by atoms with Gasteiger partial charge in [-0.05, 0) is 13.8 Å². The molecule has 0 aromatic carbocycles. The third kappa shape index (κ3) is 4.95. The summed E-state index contributed by atoms with van der Waals surface area (Å²) >= 11 is 4.08. The van der Waals surface area contributed by atoms with E-state index in [0.717, 1.165) is 0 Å². The third-order valence-corrected chi connectivity index (χ3v) is 2.19. The number of hydrogen-bond donors (Lipinski definition) is 3. The highest BCUT2D eigenvalue weighted by molar-refractivity contribution is 7.80. The summed E-state index contributed by atoms with van der Waals surface area (Å²) < 4.78 is 0. The first-order chi connectivity index (χ1) is 6.13. The van der Waals surface area contributed by atoms with E-state index >= 15 is 0 Å². The van der Waals surface area contributed by atoms with Gasteiger partial charge in [-0.3, -0.25) is 4.79 Å². The van der Waals surface area contributed by atoms with Crippen LogP contribution in [0, 0.1) is 5.92 Å². The second-order valence-electron chi connectivity index (χ2n) is 2.96. The second-order valence-corrected chi connectivity index (χ2v) is 3.33. The van der Waals surface area contributed by atoms with Crippen LogP contribution in [-0.4, -0.2) is 24.2 Å². The van der Waals surface area contributed by atoms with Crippen molar-refractivity contribution in [2.24, 2.45) is 11.7 Å². The summed E-state index contributed by atoms with van der Waals surface area (Å²) in [6.45, 7) is 4.29. The predicted octanol–water partition coefficient (Wildman–Crippen LogP) is 0.572. The van der Waals surface area contributed by atoms with E-state index < -0.39 is 0 Å². The normalized spacial score (nSPS) is 15.7. The molecule has 0 aromatic rings. The number of nitrogens with two attached hydrogens (primary N) is 1. The molecule has 0 bridgehead atoms. The minimum atomic E-state index is -0.200. The van der Waals surface area contributed by atoms with Crippen molar-refractivity contribution >= 4 is 18.5 Å². The fourth-order valence-electron chi connectivity index (χ4n) is 0.896. The molecule has 0 rings (SSSR count). The Bertz CT molecular complexity index is 180. The van der Waals surface area contributed by atoms with E-state index in [9.17, 15) is 4.79 Å². The molecule has 3 N–H and O–H groups in total. The van der Waals surface area contributed by atoms with Gasteiger partial charge < -0.3 is 11.1 Å². The number of amides is 1. The number of rotatable bonds is 5. The maximum absolute atomic E-state index is 11.4. The minimum Gasteiger partial charge on any atom is -0.352 e. The van der Waals surface area contributed by atoms with Crippen LogP contribution < -0.4 is 11.1 Å². The number of carbonyl (C=O) groups excluding carboxylic acids is 1. The summed E-state index contributed by atoms with van der Waals surface area (Å²) in [4.78, 5) is 11.4. The molecule has 13 heavy (non-hydrogen) atoms. The molecule has 0 fully saturated rings. The number of thiol groups is 1. The standard InChI is InChI=1S/C9H18N2OS/c1-3-4-5-11-9(12)8(6-13)7(2)10/h3-4,7-8,13H,5-6,10H2,1-2H3,(H,11,12)/b4-3+. The lowest BCUT2D eigenvalue weighted by Crippen LogP contribution is -2.41. The Hall–Kier alpha value is -0.480. The Balaban J connectivity index is 3.92. The first-order valence-electron chi connectivity index (χ1n) is 4.38. The Morgan fingerprint density at radius 3 is 2.69 bits per heavy atom. The zero-order chi connectivity index (χ0) is 10.3. The maximum Gasteiger partial charge on any atom is 0.225 e. The van der Waals surface area contributed by atoms with E-state index in [-0.39, 0.29) is 17.9 Å². The van der Waals surface area contributed by atoms with E-state index in [1.807, 2.05) is 26.0 Å². The molecule has 0 saturated carbocycles. The number of carbonyl (C=O) groups is 1. The van der Waals surface area contributed by atoms with Crippen LogP contribution in [0.5, 0.6) is 0 Å². The molecule has 0 aromatic heterocycles. The highest BCUT2D eigenvalue weighted by atomic mass is 32.1. The largest absolute Gasteiger partial charge is 0.352 e. The first kappa shape index (κ1) is 12.5. The van der Waals surface area contributed by atoms with E-state index in [0.29, 0.717) is 12.3 Å². The van der Waals surface area contributed by atoms with Gasteiger partial charge in [0.1, 0.15) is 0 Å². The molecule has 4 heteroatoms. The van der Waals surface area contributed by atoms with Crippen molar-refractivity contribution in [3.8, 4) is 0 Å². The molecule has 0 aliphatic rings. The molecule has 0 radical (unpaired) electrons. The molecule has 76 valence electrons. The van der Waals surface area contributed by atoms with Gasteiger partial charge in [0.25, 0.3) is 0 Å². The SMILES string of the molecule is C/C=C/CNC(=O)C(CS)C(C)N. The second kappa shape index (κ2) is 6.97. The summed E-state index contributed by atoms with van der Waals surface area (Å²) in [5.74, 6) is 0.260. The lowest BCUT2D eigenvalue weighted by Gasteiger charge is -2.17. The van der Waals surface area contributed by atoms with E-state index in [1.165, 1.54) is 0 Å². The van der Waals surface area contributed by atoms with Crippen LogP contribution >= 0.6 is 12.6 Å². The van der Waals surface area contributed by atoms with Crippen molar-refractivity contribution in [3.63, 3.8) is 0 Å². The zero-order valence-electron chi connectivity index (χ0n) is 8.16. The lowest BCUT2D eigenvalue weighted by molar-refractivity contribution is -0.124. The number of hydrogen-bond acceptors (Lipinski definition) is 3. The van der Waals surface area contributed by atoms with Gasteiger partial charge in [0.05, 0.1) is 5.92 Å². The van der Waals surface area contributed by atoms with Crippen LogP contribution in [0.25, 0.3) is 0 Å². The van der Waals surface area contributed by atoms with Gasteiger partial charge in [0.2, 0.25) is 5.91 Å². The maximum atomic E-state index is 11.4. The van der Waals surface area contributed by atoms with E-state index in [4.69, 9.17) is 5.73 Å². The van der Waals surface area contributed by atoms with Gasteiger partial charge in [0.15, 0.2) is 0 Å². The van der Waals surface area contributed by atoms with Crippen molar-refractivity contribution < 1.29 is 4.79 Å². The average Bonchev–Trinajstić information content (AvgIpc) is 2.05. The van der Waals surface area contributed by atoms with Gasteiger partial charge >= 0.3 is 0 Å². The third-order valence-electron chi connectivity index (χ3n) is 1.80. The van der Waals surface area contributed by atoms with Crippen LogP contribution in [0.1, 0.15) is 13.8 Å². The topological polar surface area (TPSA) is 55.1 Å². The summed E-state index contributed by atoms with van der Waals surface area (Å²) in [7, 11) is 0. The van der Waals surface area contributed by atoms with Gasteiger partial charge in [-0.1, -0.05) is 12.2 Å². The van der Waals surface area contributed by atoms with Gasteiger partial charge in [-0.2, -0.15) is 12.6 Å². The summed E-state index contributed by atoms with van der Waals surface area (Å²) in [5, 5.41) is 2.76.